The number of carbonyl (C=O) groups excluding carboxylic acids is 4. The molecule has 3 fully saturated rings. The van der Waals surface area contributed by atoms with Crippen LogP contribution in [0.1, 0.15) is 40.5 Å². The maximum absolute atomic E-state index is 13.1. The summed E-state index contributed by atoms with van der Waals surface area (Å²) < 4.78 is 33.2. The van der Waals surface area contributed by atoms with Crippen LogP contribution in [0.25, 0.3) is 0 Å². The summed E-state index contributed by atoms with van der Waals surface area (Å²) in [7, 11) is 1.19. The Bertz CT molecular complexity index is 953. The minimum atomic E-state index is -1.36. The Morgan fingerprint density at radius 1 is 1.18 bits per heavy atom. The van der Waals surface area contributed by atoms with Gasteiger partial charge in [0.2, 0.25) is 0 Å². The van der Waals surface area contributed by atoms with Crippen LogP contribution < -0.4 is 0 Å². The third kappa shape index (κ3) is 3.95. The van der Waals surface area contributed by atoms with Crippen LogP contribution in [0, 0.1) is 5.92 Å². The third-order valence-electron chi connectivity index (χ3n) is 6.97. The van der Waals surface area contributed by atoms with Crippen molar-refractivity contribution in [1.29, 1.82) is 0 Å². The van der Waals surface area contributed by atoms with E-state index < -0.39 is 65.4 Å². The van der Waals surface area contributed by atoms with Gasteiger partial charge in [-0.3, -0.25) is 4.79 Å². The molecule has 0 aromatic carbocycles. The van der Waals surface area contributed by atoms with Crippen molar-refractivity contribution in [2.75, 3.05) is 7.11 Å². The van der Waals surface area contributed by atoms with E-state index in [1.54, 1.807) is 19.9 Å². The summed E-state index contributed by atoms with van der Waals surface area (Å²) in [4.78, 5) is 50.4. The zero-order chi connectivity index (χ0) is 24.3. The van der Waals surface area contributed by atoms with Crippen LogP contribution in [0.3, 0.4) is 0 Å². The highest BCUT2D eigenvalue weighted by molar-refractivity contribution is 5.93. The van der Waals surface area contributed by atoms with E-state index in [1.807, 2.05) is 6.92 Å². The Hall–Kier alpha value is -2.72. The Labute approximate surface area is 191 Å². The highest BCUT2D eigenvalue weighted by atomic mass is 16.7. The lowest BCUT2D eigenvalue weighted by Crippen LogP contribution is -2.49. The van der Waals surface area contributed by atoms with Gasteiger partial charge < -0.3 is 28.4 Å². The van der Waals surface area contributed by atoms with E-state index >= 15 is 0 Å². The summed E-state index contributed by atoms with van der Waals surface area (Å²) in [5.41, 5.74) is -1.77. The van der Waals surface area contributed by atoms with Gasteiger partial charge >= 0.3 is 23.9 Å². The summed E-state index contributed by atoms with van der Waals surface area (Å²) in [6.07, 6.45) is -1.87. The van der Waals surface area contributed by atoms with Crippen molar-refractivity contribution >= 4 is 23.9 Å². The van der Waals surface area contributed by atoms with Crippen LogP contribution in [0.15, 0.2) is 23.8 Å². The predicted octanol–water partition coefficient (Wildman–Crippen LogP) is 1.16. The highest BCUT2D eigenvalue weighted by Crippen LogP contribution is 2.51. The van der Waals surface area contributed by atoms with Crippen molar-refractivity contribution in [2.24, 2.45) is 5.92 Å². The summed E-state index contributed by atoms with van der Waals surface area (Å²) in [5, 5.41) is 0. The molecule has 1 aliphatic carbocycles. The standard InChI is InChI=1S/C23H28O10/c1-10-14-16(31-21(27)23(5)11(2)32-23)15(29-12(3)24)13(20(26)28-6)8-7-9-22(4)18(33-22)17(14)30-19(10)25/h8,11,14-18H,1,7,9H2,2-6H3/b13-8+/t11?,14-,15+,16+,17+,18+,22-,23?/m1/s1. The molecule has 4 aliphatic rings. The van der Waals surface area contributed by atoms with Crippen molar-refractivity contribution in [3.05, 3.63) is 23.8 Å². The monoisotopic (exact) mass is 464 g/mol. The molecule has 3 heterocycles. The Morgan fingerprint density at radius 2 is 1.85 bits per heavy atom. The van der Waals surface area contributed by atoms with Gasteiger partial charge in [0.15, 0.2) is 17.8 Å². The molecule has 10 nitrogen and oxygen atoms in total. The number of epoxide rings is 2. The molecular weight excluding hydrogens is 436 g/mol. The normalized spacial score (nSPS) is 43.1. The third-order valence-corrected chi connectivity index (χ3v) is 6.97. The van der Waals surface area contributed by atoms with E-state index in [1.165, 1.54) is 14.0 Å². The largest absolute Gasteiger partial charge is 0.466 e. The number of allylic oxidation sites excluding steroid dienone is 1. The van der Waals surface area contributed by atoms with Gasteiger partial charge in [0.1, 0.15) is 12.2 Å². The molecule has 0 bridgehead atoms. The van der Waals surface area contributed by atoms with Crippen LogP contribution in [-0.2, 0) is 47.6 Å². The molecule has 0 radical (unpaired) electrons. The van der Waals surface area contributed by atoms with Gasteiger partial charge in [-0.2, -0.15) is 0 Å². The highest BCUT2D eigenvalue weighted by Gasteiger charge is 2.66. The summed E-state index contributed by atoms with van der Waals surface area (Å²) >= 11 is 0. The van der Waals surface area contributed by atoms with Gasteiger partial charge in [0, 0.05) is 12.5 Å². The van der Waals surface area contributed by atoms with Crippen molar-refractivity contribution < 1.29 is 47.6 Å². The van der Waals surface area contributed by atoms with E-state index in [4.69, 9.17) is 28.4 Å². The fourth-order valence-corrected chi connectivity index (χ4v) is 4.66. The number of hydrogen-bond acceptors (Lipinski definition) is 10. The summed E-state index contributed by atoms with van der Waals surface area (Å²) in [6, 6.07) is 0. The topological polar surface area (TPSA) is 130 Å². The van der Waals surface area contributed by atoms with Gasteiger partial charge in [-0.15, -0.1) is 0 Å². The van der Waals surface area contributed by atoms with Crippen LogP contribution in [0.2, 0.25) is 0 Å². The maximum Gasteiger partial charge on any atom is 0.341 e. The van der Waals surface area contributed by atoms with Crippen molar-refractivity contribution in [2.45, 2.75) is 82.3 Å². The van der Waals surface area contributed by atoms with Crippen molar-refractivity contribution in [1.82, 2.24) is 0 Å². The van der Waals surface area contributed by atoms with Crippen LogP contribution in [-0.4, -0.2) is 72.7 Å². The average Bonchev–Trinajstić information content (AvgIpc) is 3.57. The number of rotatable bonds is 4. The molecule has 180 valence electrons. The lowest BCUT2D eigenvalue weighted by atomic mass is 9.80. The molecule has 0 spiro atoms. The van der Waals surface area contributed by atoms with Crippen LogP contribution in [0.5, 0.6) is 0 Å². The fourth-order valence-electron chi connectivity index (χ4n) is 4.66. The first-order chi connectivity index (χ1) is 15.4. The Balaban J connectivity index is 1.82. The minimum Gasteiger partial charge on any atom is -0.466 e. The number of fused-ring (bicyclic) bond motifs is 3. The lowest BCUT2D eigenvalue weighted by Gasteiger charge is -2.34. The Morgan fingerprint density at radius 3 is 2.42 bits per heavy atom. The molecule has 3 aliphatic heterocycles. The molecule has 4 rings (SSSR count). The molecular formula is C23H28O10. The molecule has 0 amide bonds. The molecule has 8 atom stereocenters. The van der Waals surface area contributed by atoms with Crippen molar-refractivity contribution in [3.8, 4) is 0 Å². The quantitative estimate of drug-likeness (QED) is 0.258. The molecule has 0 saturated carbocycles. The second-order valence-electron chi connectivity index (χ2n) is 9.23. The number of ether oxygens (including phenoxy) is 6. The summed E-state index contributed by atoms with van der Waals surface area (Å²) in [5.74, 6) is -3.79. The number of methoxy groups -OCH3 is 1. The minimum absolute atomic E-state index is 0.00554. The second-order valence-corrected chi connectivity index (χ2v) is 9.23. The van der Waals surface area contributed by atoms with Gasteiger partial charge in [-0.1, -0.05) is 12.7 Å². The van der Waals surface area contributed by atoms with E-state index in [0.717, 1.165) is 0 Å². The molecule has 3 saturated heterocycles. The van der Waals surface area contributed by atoms with E-state index in [-0.39, 0.29) is 17.3 Å². The van der Waals surface area contributed by atoms with Crippen molar-refractivity contribution in [3.63, 3.8) is 0 Å². The molecule has 0 aromatic rings. The predicted molar refractivity (Wildman–Crippen MR) is 110 cm³/mol. The second kappa shape index (κ2) is 7.95. The zero-order valence-corrected chi connectivity index (χ0v) is 19.2. The van der Waals surface area contributed by atoms with Crippen LogP contribution in [0.4, 0.5) is 0 Å². The zero-order valence-electron chi connectivity index (χ0n) is 19.2. The average molecular weight is 464 g/mol. The molecule has 10 heteroatoms. The maximum atomic E-state index is 13.1. The molecule has 2 unspecified atom stereocenters. The lowest BCUT2D eigenvalue weighted by molar-refractivity contribution is -0.175. The molecule has 33 heavy (non-hydrogen) atoms. The number of hydrogen-bond donors (Lipinski definition) is 0. The van der Waals surface area contributed by atoms with Gasteiger partial charge in [0.25, 0.3) is 0 Å². The van der Waals surface area contributed by atoms with Crippen LogP contribution >= 0.6 is 0 Å². The number of carbonyl (C=O) groups is 4. The Kier molecular flexibility index (Phi) is 5.65. The first-order valence-corrected chi connectivity index (χ1v) is 10.8. The number of esters is 4. The van der Waals surface area contributed by atoms with E-state index in [2.05, 4.69) is 6.58 Å². The first kappa shape index (κ1) is 23.4. The van der Waals surface area contributed by atoms with Gasteiger partial charge in [-0.05, 0) is 33.6 Å². The van der Waals surface area contributed by atoms with E-state index in [0.29, 0.717) is 12.8 Å². The van der Waals surface area contributed by atoms with E-state index in [9.17, 15) is 19.2 Å². The molecule has 0 N–H and O–H groups in total. The smallest absolute Gasteiger partial charge is 0.341 e. The van der Waals surface area contributed by atoms with Gasteiger partial charge in [-0.25, -0.2) is 14.4 Å². The van der Waals surface area contributed by atoms with Gasteiger partial charge in [0.05, 0.1) is 30.3 Å². The fraction of sp³-hybridized carbons (Fsp3) is 0.652. The molecule has 0 aromatic heterocycles. The SMILES string of the molecule is C=C1C(=O)O[C@H]2[C@H]1[C@H](OC(=O)C1(C)OC1C)[C@@H](OC(C)=O)/C(C(=O)OC)=C\CC[C@@]1(C)O[C@@H]21. The summed E-state index contributed by atoms with van der Waals surface area (Å²) in [6.45, 7) is 10.2. The first-order valence-electron chi connectivity index (χ1n) is 10.8.